The van der Waals surface area contributed by atoms with E-state index in [0.717, 1.165) is 51.3 Å². The molecule has 1 unspecified atom stereocenters. The van der Waals surface area contributed by atoms with Crippen LogP contribution in [-0.4, -0.2) is 75.2 Å². The lowest BCUT2D eigenvalue weighted by Gasteiger charge is -2.23. The van der Waals surface area contributed by atoms with Gasteiger partial charge in [-0.2, -0.15) is 0 Å². The monoisotopic (exact) mass is 438 g/mol. The molecule has 0 radical (unpaired) electrons. The van der Waals surface area contributed by atoms with Gasteiger partial charge in [-0.05, 0) is 25.7 Å². The lowest BCUT2D eigenvalue weighted by atomic mass is 10.2. The van der Waals surface area contributed by atoms with E-state index in [1.54, 1.807) is 19.0 Å². The van der Waals surface area contributed by atoms with Crippen LogP contribution in [-0.2, 0) is 9.53 Å². The Hall–Kier alpha value is -0.830. The highest BCUT2D eigenvalue weighted by molar-refractivity contribution is 14.0. The van der Waals surface area contributed by atoms with Gasteiger partial charge in [0.2, 0.25) is 5.91 Å². The number of amides is 1. The van der Waals surface area contributed by atoms with E-state index in [9.17, 15) is 4.79 Å². The second-order valence-corrected chi connectivity index (χ2v) is 5.80. The second kappa shape index (κ2) is 12.6. The number of rotatable bonds is 8. The van der Waals surface area contributed by atoms with Crippen molar-refractivity contribution in [1.82, 2.24) is 15.1 Å². The number of unbranched alkanes of at least 4 members (excludes halogenated alkanes) is 1. The fourth-order valence-corrected chi connectivity index (χ4v) is 2.18. The van der Waals surface area contributed by atoms with Gasteiger partial charge in [0.25, 0.3) is 0 Å². The van der Waals surface area contributed by atoms with Crippen LogP contribution in [0.3, 0.4) is 0 Å². The molecule has 23 heavy (non-hydrogen) atoms. The third-order valence-electron chi connectivity index (χ3n) is 3.64. The number of hydrogen-bond acceptors (Lipinski definition) is 3. The molecule has 6 nitrogen and oxygen atoms in total. The van der Waals surface area contributed by atoms with Crippen molar-refractivity contribution in [1.29, 1.82) is 0 Å². The van der Waals surface area contributed by atoms with E-state index in [1.165, 1.54) is 0 Å². The van der Waals surface area contributed by atoms with E-state index in [0.29, 0.717) is 0 Å². The molecule has 0 bridgehead atoms. The predicted octanol–water partition coefficient (Wildman–Crippen LogP) is 1.72. The van der Waals surface area contributed by atoms with Gasteiger partial charge in [-0.25, -0.2) is 4.99 Å². The highest BCUT2D eigenvalue weighted by Crippen LogP contribution is 2.10. The van der Waals surface area contributed by atoms with E-state index in [4.69, 9.17) is 4.74 Å². The molecule has 0 aromatic carbocycles. The molecule has 1 aliphatic rings. The second-order valence-electron chi connectivity index (χ2n) is 5.80. The summed E-state index contributed by atoms with van der Waals surface area (Å²) in [5, 5.41) is 3.34. The lowest BCUT2D eigenvalue weighted by Crippen LogP contribution is -2.43. The Balaban J connectivity index is 0.00000484. The maximum atomic E-state index is 11.7. The van der Waals surface area contributed by atoms with Crippen molar-refractivity contribution in [2.45, 2.75) is 31.8 Å². The summed E-state index contributed by atoms with van der Waals surface area (Å²) < 4.78 is 5.62. The summed E-state index contributed by atoms with van der Waals surface area (Å²) in [5.74, 6) is 0.755. The highest BCUT2D eigenvalue weighted by atomic mass is 127. The molecular formula is C16H31IN4O2. The van der Waals surface area contributed by atoms with Crippen molar-refractivity contribution in [2.24, 2.45) is 4.99 Å². The Kier molecular flexibility index (Phi) is 12.1. The number of guanidine groups is 1. The zero-order valence-electron chi connectivity index (χ0n) is 14.6. The molecule has 0 aromatic rings. The molecule has 1 amide bonds. The molecule has 134 valence electrons. The summed E-state index contributed by atoms with van der Waals surface area (Å²) in [7, 11) is 5.47. The normalized spacial score (nSPS) is 17.3. The van der Waals surface area contributed by atoms with Crippen LogP contribution in [0.1, 0.15) is 25.7 Å². The number of nitrogens with one attached hydrogen (secondary N) is 1. The predicted molar refractivity (Wildman–Crippen MR) is 105 cm³/mol. The topological polar surface area (TPSA) is 57.2 Å². The molecule has 1 atom stereocenters. The van der Waals surface area contributed by atoms with Crippen LogP contribution in [0.4, 0.5) is 0 Å². The summed E-state index contributed by atoms with van der Waals surface area (Å²) in [5.41, 5.74) is 0. The van der Waals surface area contributed by atoms with Crippen LogP contribution in [0, 0.1) is 0 Å². The maximum absolute atomic E-state index is 11.7. The highest BCUT2D eigenvalue weighted by Gasteiger charge is 2.17. The number of carbonyl (C=O) groups excluding carboxylic acids is 1. The molecule has 0 aromatic heterocycles. The Morgan fingerprint density at radius 2 is 2.17 bits per heavy atom. The number of nitrogens with zero attached hydrogens (tertiary/aromatic N) is 3. The number of allylic oxidation sites excluding steroid dienone is 1. The summed E-state index contributed by atoms with van der Waals surface area (Å²) in [4.78, 5) is 19.8. The summed E-state index contributed by atoms with van der Waals surface area (Å²) in [6, 6.07) is 0. The molecule has 1 fully saturated rings. The number of ether oxygens (including phenoxy) is 1. The van der Waals surface area contributed by atoms with Gasteiger partial charge in [0.15, 0.2) is 5.96 Å². The number of halogens is 1. The molecule has 1 N–H and O–H groups in total. The Morgan fingerprint density at radius 3 is 2.74 bits per heavy atom. The van der Waals surface area contributed by atoms with Crippen LogP contribution in [0.15, 0.2) is 17.6 Å². The zero-order chi connectivity index (χ0) is 16.4. The van der Waals surface area contributed by atoms with Crippen molar-refractivity contribution in [3.8, 4) is 0 Å². The molecule has 0 saturated carbocycles. The molecule has 0 spiro atoms. The van der Waals surface area contributed by atoms with E-state index in [1.807, 2.05) is 13.1 Å². The Labute approximate surface area is 157 Å². The maximum Gasteiger partial charge on any atom is 0.243 e. The minimum Gasteiger partial charge on any atom is -0.376 e. The first-order valence-corrected chi connectivity index (χ1v) is 7.96. The van der Waals surface area contributed by atoms with Gasteiger partial charge in [0.05, 0.1) is 6.10 Å². The molecular weight excluding hydrogens is 407 g/mol. The number of hydrogen-bond donors (Lipinski definition) is 1. The van der Waals surface area contributed by atoms with Gasteiger partial charge in [-0.15, -0.1) is 30.6 Å². The fourth-order valence-electron chi connectivity index (χ4n) is 2.18. The standard InChI is InChI=1S/C16H30N4O2.HI/c1-5-6-7-10-20(4)16(18-13-15(21)19(2)3)17-12-14-9-8-11-22-14;/h5,14H,1,6-13H2,2-4H3,(H,17,18);1H. The third-order valence-corrected chi connectivity index (χ3v) is 3.64. The summed E-state index contributed by atoms with van der Waals surface area (Å²) in [6.07, 6.45) is 6.35. The Morgan fingerprint density at radius 1 is 1.43 bits per heavy atom. The van der Waals surface area contributed by atoms with E-state index >= 15 is 0 Å². The number of aliphatic imine (C=N–C) groups is 1. The van der Waals surface area contributed by atoms with Gasteiger partial charge in [0.1, 0.15) is 6.54 Å². The average Bonchev–Trinajstić information content (AvgIpc) is 3.00. The zero-order valence-corrected chi connectivity index (χ0v) is 16.9. The van der Waals surface area contributed by atoms with Crippen LogP contribution < -0.4 is 5.32 Å². The van der Waals surface area contributed by atoms with Crippen LogP contribution in [0.25, 0.3) is 0 Å². The van der Waals surface area contributed by atoms with Gasteiger partial charge >= 0.3 is 0 Å². The lowest BCUT2D eigenvalue weighted by molar-refractivity contribution is -0.127. The van der Waals surface area contributed by atoms with Gasteiger partial charge < -0.3 is 19.9 Å². The van der Waals surface area contributed by atoms with Crippen LogP contribution in [0.5, 0.6) is 0 Å². The minimum absolute atomic E-state index is 0. The molecule has 7 heteroatoms. The third kappa shape index (κ3) is 9.14. The number of carbonyl (C=O) groups is 1. The van der Waals surface area contributed by atoms with Gasteiger partial charge in [-0.3, -0.25) is 4.79 Å². The Bertz CT molecular complexity index is 382. The molecule has 0 aliphatic carbocycles. The molecule has 1 saturated heterocycles. The van der Waals surface area contributed by atoms with Gasteiger partial charge in [0, 0.05) is 40.8 Å². The molecule has 1 rings (SSSR count). The van der Waals surface area contributed by atoms with E-state index < -0.39 is 0 Å². The fraction of sp³-hybridized carbons (Fsp3) is 0.750. The number of likely N-dealkylation sites (N-methyl/N-ethyl adjacent to an activating group) is 1. The SMILES string of the molecule is C=CCCCN(C)C(=NCC(=O)N(C)C)NCC1CCCO1.I. The first-order valence-electron chi connectivity index (χ1n) is 7.96. The van der Waals surface area contributed by atoms with Gasteiger partial charge in [-0.1, -0.05) is 6.08 Å². The summed E-state index contributed by atoms with van der Waals surface area (Å²) in [6.45, 7) is 6.35. The van der Waals surface area contributed by atoms with Crippen LogP contribution in [0.2, 0.25) is 0 Å². The molecule has 1 aliphatic heterocycles. The smallest absolute Gasteiger partial charge is 0.243 e. The van der Waals surface area contributed by atoms with Crippen molar-refractivity contribution < 1.29 is 9.53 Å². The quantitative estimate of drug-likeness (QED) is 0.206. The minimum atomic E-state index is -0.00379. The van der Waals surface area contributed by atoms with Crippen molar-refractivity contribution >= 4 is 35.8 Å². The van der Waals surface area contributed by atoms with Crippen molar-refractivity contribution in [3.05, 3.63) is 12.7 Å². The first kappa shape index (κ1) is 22.2. The van der Waals surface area contributed by atoms with E-state index in [2.05, 4.69) is 21.8 Å². The average molecular weight is 438 g/mol. The first-order chi connectivity index (χ1) is 10.5. The van der Waals surface area contributed by atoms with Crippen molar-refractivity contribution in [3.63, 3.8) is 0 Å². The summed E-state index contributed by atoms with van der Waals surface area (Å²) >= 11 is 0. The largest absolute Gasteiger partial charge is 0.376 e. The molecule has 1 heterocycles. The van der Waals surface area contributed by atoms with E-state index in [-0.39, 0.29) is 42.5 Å². The van der Waals surface area contributed by atoms with Crippen LogP contribution >= 0.6 is 24.0 Å². The van der Waals surface area contributed by atoms with Crippen molar-refractivity contribution in [2.75, 3.05) is 47.4 Å².